The van der Waals surface area contributed by atoms with Gasteiger partial charge in [-0.1, -0.05) is 6.08 Å². The molecule has 1 atom stereocenters. The van der Waals surface area contributed by atoms with Gasteiger partial charge in [0.2, 0.25) is 0 Å². The van der Waals surface area contributed by atoms with Crippen molar-refractivity contribution in [2.45, 2.75) is 10.0 Å². The summed E-state index contributed by atoms with van der Waals surface area (Å²) < 4.78 is 4.68. The van der Waals surface area contributed by atoms with Gasteiger partial charge in [0.25, 0.3) is 0 Å². The van der Waals surface area contributed by atoms with Crippen LogP contribution in [0, 0.1) is 0 Å². The zero-order valence-corrected chi connectivity index (χ0v) is 7.83. The quantitative estimate of drug-likeness (QED) is 0.440. The molecule has 0 fully saturated rings. The maximum atomic E-state index is 9.10. The Kier molecular flexibility index (Phi) is 2.36. The van der Waals surface area contributed by atoms with Crippen molar-refractivity contribution in [3.8, 4) is 0 Å². The summed E-state index contributed by atoms with van der Waals surface area (Å²) in [6, 6.07) is 0. The zero-order chi connectivity index (χ0) is 7.61. The van der Waals surface area contributed by atoms with E-state index in [9.17, 15) is 0 Å². The lowest BCUT2D eigenvalue weighted by Gasteiger charge is -2.20. The van der Waals surface area contributed by atoms with Gasteiger partial charge >= 0.3 is 0 Å². The highest BCUT2D eigenvalue weighted by Gasteiger charge is 2.22. The van der Waals surface area contributed by atoms with Gasteiger partial charge in [-0.2, -0.15) is 0 Å². The Morgan fingerprint density at radius 1 is 1.80 bits per heavy atom. The molecule has 1 aliphatic rings. The van der Waals surface area contributed by atoms with Crippen LogP contribution in [0.5, 0.6) is 0 Å². The molecule has 1 aliphatic carbocycles. The van der Waals surface area contributed by atoms with Crippen LogP contribution >= 0.6 is 22.6 Å². The largest absolute Gasteiger partial charge is 0.512 e. The SMILES string of the molecule is COC1(I)C=CCC(O)=C1. The summed E-state index contributed by atoms with van der Waals surface area (Å²) >= 11 is 2.12. The molecule has 0 spiro atoms. The lowest BCUT2D eigenvalue weighted by Crippen LogP contribution is -2.19. The van der Waals surface area contributed by atoms with E-state index in [1.807, 2.05) is 12.2 Å². The maximum absolute atomic E-state index is 9.10. The first-order chi connectivity index (χ1) is 4.66. The van der Waals surface area contributed by atoms with Crippen molar-refractivity contribution in [2.75, 3.05) is 7.11 Å². The van der Waals surface area contributed by atoms with Crippen LogP contribution in [0.25, 0.3) is 0 Å². The molecule has 0 aromatic heterocycles. The molecule has 0 saturated carbocycles. The zero-order valence-electron chi connectivity index (χ0n) is 5.67. The van der Waals surface area contributed by atoms with E-state index in [0.717, 1.165) is 0 Å². The first-order valence-corrected chi connectivity index (χ1v) is 4.06. The van der Waals surface area contributed by atoms with E-state index < -0.39 is 3.61 Å². The molecule has 0 amide bonds. The van der Waals surface area contributed by atoms with Gasteiger partial charge in [-0.05, 0) is 34.7 Å². The number of ether oxygens (including phenoxy) is 1. The Labute approximate surface area is 73.7 Å². The van der Waals surface area contributed by atoms with Crippen LogP contribution in [-0.4, -0.2) is 15.8 Å². The molecule has 1 unspecified atom stereocenters. The van der Waals surface area contributed by atoms with Gasteiger partial charge in [-0.15, -0.1) is 0 Å². The number of rotatable bonds is 1. The molecule has 0 aromatic carbocycles. The first-order valence-electron chi connectivity index (χ1n) is 2.99. The Morgan fingerprint density at radius 3 is 2.90 bits per heavy atom. The predicted molar refractivity (Wildman–Crippen MR) is 48.2 cm³/mol. The average Bonchev–Trinajstić information content (AvgIpc) is 1.88. The fraction of sp³-hybridized carbons (Fsp3) is 0.429. The van der Waals surface area contributed by atoms with Crippen LogP contribution in [0.15, 0.2) is 24.0 Å². The third-order valence-electron chi connectivity index (χ3n) is 1.35. The Hall–Kier alpha value is -0.0300. The third kappa shape index (κ3) is 1.73. The third-order valence-corrected chi connectivity index (χ3v) is 2.46. The van der Waals surface area contributed by atoms with Gasteiger partial charge in [-0.3, -0.25) is 0 Å². The van der Waals surface area contributed by atoms with Gasteiger partial charge in [0.05, 0.1) is 5.76 Å². The summed E-state index contributed by atoms with van der Waals surface area (Å²) in [7, 11) is 1.62. The van der Waals surface area contributed by atoms with Gasteiger partial charge < -0.3 is 9.84 Å². The number of alkyl halides is 1. The summed E-state index contributed by atoms with van der Waals surface area (Å²) in [5.41, 5.74) is 0. The summed E-state index contributed by atoms with van der Waals surface area (Å²) in [5, 5.41) is 9.10. The topological polar surface area (TPSA) is 29.5 Å². The molecule has 0 heterocycles. The van der Waals surface area contributed by atoms with Gasteiger partial charge in [0.1, 0.15) is 0 Å². The normalized spacial score (nSPS) is 32.0. The summed E-state index contributed by atoms with van der Waals surface area (Å²) in [6.45, 7) is 0. The molecule has 0 bridgehead atoms. The number of methoxy groups -OCH3 is 1. The standard InChI is InChI=1S/C7H9IO2/c1-10-7(8)4-2-3-6(9)5-7/h2,4-5,9H,3H2,1H3. The minimum absolute atomic E-state index is 0.374. The number of halogens is 1. The minimum Gasteiger partial charge on any atom is -0.512 e. The van der Waals surface area contributed by atoms with Crippen LogP contribution in [-0.2, 0) is 4.74 Å². The van der Waals surface area contributed by atoms with Crippen molar-refractivity contribution >= 4 is 22.6 Å². The number of hydrogen-bond acceptors (Lipinski definition) is 2. The van der Waals surface area contributed by atoms with Crippen molar-refractivity contribution in [3.05, 3.63) is 24.0 Å². The molecule has 0 aliphatic heterocycles. The fourth-order valence-corrected chi connectivity index (χ4v) is 1.42. The van der Waals surface area contributed by atoms with Gasteiger partial charge in [0, 0.05) is 13.5 Å². The lowest BCUT2D eigenvalue weighted by atomic mass is 10.1. The Morgan fingerprint density at radius 2 is 2.50 bits per heavy atom. The number of aliphatic hydroxyl groups excluding tert-OH is 1. The number of aliphatic hydroxyl groups is 1. The summed E-state index contributed by atoms with van der Waals surface area (Å²) in [5.74, 6) is 0.374. The maximum Gasteiger partial charge on any atom is 0.159 e. The van der Waals surface area contributed by atoms with E-state index in [4.69, 9.17) is 9.84 Å². The molecule has 0 saturated heterocycles. The molecule has 0 radical (unpaired) electrons. The van der Waals surface area contributed by atoms with E-state index in [0.29, 0.717) is 12.2 Å². The Balaban J connectivity index is 2.78. The molecule has 1 N–H and O–H groups in total. The summed E-state index contributed by atoms with van der Waals surface area (Å²) in [6.07, 6.45) is 6.14. The van der Waals surface area contributed by atoms with Crippen LogP contribution in [0.3, 0.4) is 0 Å². The number of allylic oxidation sites excluding steroid dienone is 1. The van der Waals surface area contributed by atoms with Crippen LogP contribution in [0.2, 0.25) is 0 Å². The van der Waals surface area contributed by atoms with E-state index >= 15 is 0 Å². The Bertz CT molecular complexity index is 186. The molecule has 0 aromatic rings. The van der Waals surface area contributed by atoms with Crippen LogP contribution < -0.4 is 0 Å². The van der Waals surface area contributed by atoms with Gasteiger partial charge in [0.15, 0.2) is 3.61 Å². The van der Waals surface area contributed by atoms with Crippen molar-refractivity contribution in [3.63, 3.8) is 0 Å². The summed E-state index contributed by atoms with van der Waals surface area (Å²) in [4.78, 5) is 0. The van der Waals surface area contributed by atoms with Crippen molar-refractivity contribution in [2.24, 2.45) is 0 Å². The molecule has 1 rings (SSSR count). The highest BCUT2D eigenvalue weighted by Crippen LogP contribution is 2.28. The van der Waals surface area contributed by atoms with E-state index in [1.54, 1.807) is 13.2 Å². The minimum atomic E-state index is -0.430. The second-order valence-corrected chi connectivity index (χ2v) is 3.83. The molecule has 10 heavy (non-hydrogen) atoms. The fourth-order valence-electron chi connectivity index (χ4n) is 0.802. The number of hydrogen-bond donors (Lipinski definition) is 1. The highest BCUT2D eigenvalue weighted by molar-refractivity contribution is 14.1. The van der Waals surface area contributed by atoms with Crippen molar-refractivity contribution in [1.29, 1.82) is 0 Å². The molecule has 56 valence electrons. The van der Waals surface area contributed by atoms with Crippen molar-refractivity contribution < 1.29 is 9.84 Å². The highest BCUT2D eigenvalue weighted by atomic mass is 127. The predicted octanol–water partition coefficient (Wildman–Crippen LogP) is 2.17. The smallest absolute Gasteiger partial charge is 0.159 e. The van der Waals surface area contributed by atoms with E-state index in [-0.39, 0.29) is 0 Å². The van der Waals surface area contributed by atoms with Crippen LogP contribution in [0.1, 0.15) is 6.42 Å². The lowest BCUT2D eigenvalue weighted by molar-refractivity contribution is 0.158. The molecule has 3 heteroatoms. The second kappa shape index (κ2) is 2.92. The van der Waals surface area contributed by atoms with E-state index in [1.165, 1.54) is 0 Å². The molecular weight excluding hydrogens is 243 g/mol. The second-order valence-electron chi connectivity index (χ2n) is 2.14. The van der Waals surface area contributed by atoms with Gasteiger partial charge in [-0.25, -0.2) is 0 Å². The first kappa shape index (κ1) is 8.07. The van der Waals surface area contributed by atoms with E-state index in [2.05, 4.69) is 22.6 Å². The monoisotopic (exact) mass is 252 g/mol. The van der Waals surface area contributed by atoms with Crippen LogP contribution in [0.4, 0.5) is 0 Å². The molecule has 2 nitrogen and oxygen atoms in total. The van der Waals surface area contributed by atoms with Crippen molar-refractivity contribution in [1.82, 2.24) is 0 Å². The average molecular weight is 252 g/mol. The molecular formula is C7H9IO2.